The minimum atomic E-state index is 0.228. The number of hydrogen-bond donors (Lipinski definition) is 2. The van der Waals surface area contributed by atoms with Crippen LogP contribution in [0.2, 0.25) is 5.02 Å². The molecule has 0 aliphatic rings. The average Bonchev–Trinajstić information content (AvgIpc) is 2.29. The number of ether oxygens (including phenoxy) is 1. The van der Waals surface area contributed by atoms with Crippen molar-refractivity contribution in [1.29, 1.82) is 0 Å². The zero-order chi connectivity index (χ0) is 13.5. The lowest BCUT2D eigenvalue weighted by molar-refractivity contribution is 0.182. The van der Waals surface area contributed by atoms with E-state index >= 15 is 0 Å². The Morgan fingerprint density at radius 1 is 1.56 bits per heavy atom. The first-order valence-electron chi connectivity index (χ1n) is 5.94. The Morgan fingerprint density at radius 2 is 2.28 bits per heavy atom. The zero-order valence-electron chi connectivity index (χ0n) is 10.7. The highest BCUT2D eigenvalue weighted by Gasteiger charge is 2.13. The van der Waals surface area contributed by atoms with Gasteiger partial charge in [-0.15, -0.1) is 0 Å². The molecule has 0 radical (unpaired) electrons. The molecule has 0 fully saturated rings. The fourth-order valence-electron chi connectivity index (χ4n) is 1.86. The van der Waals surface area contributed by atoms with Gasteiger partial charge in [0.15, 0.2) is 0 Å². The summed E-state index contributed by atoms with van der Waals surface area (Å²) in [4.78, 5) is 0.302. The summed E-state index contributed by atoms with van der Waals surface area (Å²) in [6.45, 7) is 2.77. The highest BCUT2D eigenvalue weighted by atomic mass is 35.5. The van der Waals surface area contributed by atoms with Gasteiger partial charge in [-0.2, -0.15) is 0 Å². The van der Waals surface area contributed by atoms with E-state index in [2.05, 4.69) is 12.2 Å². The van der Waals surface area contributed by atoms with Crippen molar-refractivity contribution in [3.05, 3.63) is 28.8 Å². The molecular weight excluding hydrogens is 268 g/mol. The van der Waals surface area contributed by atoms with Crippen LogP contribution >= 0.6 is 23.8 Å². The summed E-state index contributed by atoms with van der Waals surface area (Å²) in [5.41, 5.74) is 7.28. The Balaban J connectivity index is 2.94. The third-order valence-electron chi connectivity index (χ3n) is 2.62. The molecule has 1 aromatic carbocycles. The second kappa shape index (κ2) is 7.56. The van der Waals surface area contributed by atoms with E-state index in [4.69, 9.17) is 34.3 Å². The van der Waals surface area contributed by atoms with E-state index in [0.717, 1.165) is 18.5 Å². The fraction of sp³-hybridized carbons (Fsp3) is 0.462. The van der Waals surface area contributed by atoms with Crippen molar-refractivity contribution in [2.45, 2.75) is 25.8 Å². The molecule has 0 aromatic heterocycles. The van der Waals surface area contributed by atoms with E-state index in [9.17, 15) is 0 Å². The normalized spacial score (nSPS) is 12.2. The summed E-state index contributed by atoms with van der Waals surface area (Å²) in [5, 5.41) is 3.96. The van der Waals surface area contributed by atoms with Gasteiger partial charge in [0.05, 0.1) is 17.2 Å². The molecule has 5 heteroatoms. The molecule has 3 nitrogen and oxygen atoms in total. The summed E-state index contributed by atoms with van der Waals surface area (Å²) < 4.78 is 5.20. The van der Waals surface area contributed by atoms with E-state index < -0.39 is 0 Å². The van der Waals surface area contributed by atoms with Crippen LogP contribution in [0.4, 0.5) is 5.69 Å². The topological polar surface area (TPSA) is 47.3 Å². The molecule has 1 unspecified atom stereocenters. The third-order valence-corrected chi connectivity index (χ3v) is 3.14. The van der Waals surface area contributed by atoms with Gasteiger partial charge in [-0.3, -0.25) is 0 Å². The standard InChI is InChI=1S/C13H19ClN2OS/c1-3-5-9(8-17-2)16-11-7-4-6-10(14)12(11)13(15)18/h4,6-7,9,16H,3,5,8H2,1-2H3,(H2,15,18). The van der Waals surface area contributed by atoms with Gasteiger partial charge in [0.2, 0.25) is 0 Å². The maximum Gasteiger partial charge on any atom is 0.107 e. The molecule has 1 rings (SSSR count). The van der Waals surface area contributed by atoms with E-state index in [0.29, 0.717) is 22.2 Å². The van der Waals surface area contributed by atoms with Gasteiger partial charge < -0.3 is 15.8 Å². The van der Waals surface area contributed by atoms with E-state index in [-0.39, 0.29) is 6.04 Å². The number of benzene rings is 1. The number of nitrogens with two attached hydrogens (primary N) is 1. The second-order valence-corrected chi connectivity index (χ2v) is 4.96. The Kier molecular flexibility index (Phi) is 6.39. The van der Waals surface area contributed by atoms with Gasteiger partial charge in [-0.05, 0) is 18.6 Å². The summed E-state index contributed by atoms with van der Waals surface area (Å²) in [6.07, 6.45) is 2.08. The van der Waals surface area contributed by atoms with Gasteiger partial charge >= 0.3 is 0 Å². The molecule has 0 aliphatic heterocycles. The molecule has 1 aromatic rings. The number of anilines is 1. The Morgan fingerprint density at radius 3 is 2.83 bits per heavy atom. The molecule has 100 valence electrons. The Labute approximate surface area is 119 Å². The summed E-state index contributed by atoms with van der Waals surface area (Å²) in [6, 6.07) is 5.82. The number of hydrogen-bond acceptors (Lipinski definition) is 3. The lowest BCUT2D eigenvalue weighted by atomic mass is 10.1. The first kappa shape index (κ1) is 15.2. The van der Waals surface area contributed by atoms with Crippen LogP contribution in [0, 0.1) is 0 Å². The molecule has 0 heterocycles. The second-order valence-electron chi connectivity index (χ2n) is 4.11. The van der Waals surface area contributed by atoms with Crippen molar-refractivity contribution in [1.82, 2.24) is 0 Å². The van der Waals surface area contributed by atoms with Crippen LogP contribution in [0.5, 0.6) is 0 Å². The van der Waals surface area contributed by atoms with Crippen molar-refractivity contribution >= 4 is 34.5 Å². The predicted molar refractivity (Wildman–Crippen MR) is 81.5 cm³/mol. The third kappa shape index (κ3) is 4.12. The van der Waals surface area contributed by atoms with Crippen LogP contribution in [-0.2, 0) is 4.74 Å². The summed E-state index contributed by atoms with van der Waals surface area (Å²) >= 11 is 11.2. The number of nitrogens with one attached hydrogen (secondary N) is 1. The van der Waals surface area contributed by atoms with Crippen LogP contribution in [0.1, 0.15) is 25.3 Å². The molecule has 0 saturated carbocycles. The smallest absolute Gasteiger partial charge is 0.107 e. The molecule has 3 N–H and O–H groups in total. The SMILES string of the molecule is CCCC(COC)Nc1cccc(Cl)c1C(N)=S. The van der Waals surface area contributed by atoms with Crippen LogP contribution in [0.15, 0.2) is 18.2 Å². The number of rotatable bonds is 7. The minimum Gasteiger partial charge on any atom is -0.389 e. The molecule has 0 spiro atoms. The van der Waals surface area contributed by atoms with Gasteiger partial charge in [-0.1, -0.05) is 43.2 Å². The monoisotopic (exact) mass is 286 g/mol. The van der Waals surface area contributed by atoms with E-state index in [1.54, 1.807) is 13.2 Å². The van der Waals surface area contributed by atoms with Crippen molar-refractivity contribution in [2.24, 2.45) is 5.73 Å². The van der Waals surface area contributed by atoms with Gasteiger partial charge in [-0.25, -0.2) is 0 Å². The summed E-state index contributed by atoms with van der Waals surface area (Å²) in [5.74, 6) is 0. The van der Waals surface area contributed by atoms with Crippen molar-refractivity contribution in [2.75, 3.05) is 19.0 Å². The van der Waals surface area contributed by atoms with Crippen molar-refractivity contribution in [3.8, 4) is 0 Å². The molecule has 1 atom stereocenters. The molecule has 18 heavy (non-hydrogen) atoms. The first-order valence-corrected chi connectivity index (χ1v) is 6.72. The number of methoxy groups -OCH3 is 1. The van der Waals surface area contributed by atoms with Gasteiger partial charge in [0.25, 0.3) is 0 Å². The fourth-order valence-corrected chi connectivity index (χ4v) is 2.41. The molecule has 0 bridgehead atoms. The lowest BCUT2D eigenvalue weighted by Gasteiger charge is -2.21. The maximum absolute atomic E-state index is 6.12. The highest BCUT2D eigenvalue weighted by molar-refractivity contribution is 7.80. The highest BCUT2D eigenvalue weighted by Crippen LogP contribution is 2.25. The molecule has 0 aliphatic carbocycles. The minimum absolute atomic E-state index is 0.228. The predicted octanol–water partition coefficient (Wildman–Crippen LogP) is 3.20. The molecule has 0 saturated heterocycles. The van der Waals surface area contributed by atoms with E-state index in [1.807, 2.05) is 12.1 Å². The van der Waals surface area contributed by atoms with Crippen LogP contribution in [0.25, 0.3) is 0 Å². The Hall–Kier alpha value is -0.840. The number of halogens is 1. The molecular formula is C13H19ClN2OS. The van der Waals surface area contributed by atoms with Crippen LogP contribution < -0.4 is 11.1 Å². The largest absolute Gasteiger partial charge is 0.389 e. The average molecular weight is 287 g/mol. The Bertz CT molecular complexity index is 406. The molecule has 0 amide bonds. The van der Waals surface area contributed by atoms with Crippen LogP contribution in [0.3, 0.4) is 0 Å². The van der Waals surface area contributed by atoms with Crippen LogP contribution in [-0.4, -0.2) is 24.7 Å². The quantitative estimate of drug-likeness (QED) is 0.756. The maximum atomic E-state index is 6.12. The van der Waals surface area contributed by atoms with E-state index in [1.165, 1.54) is 0 Å². The van der Waals surface area contributed by atoms with Crippen molar-refractivity contribution < 1.29 is 4.74 Å². The summed E-state index contributed by atoms with van der Waals surface area (Å²) in [7, 11) is 1.69. The zero-order valence-corrected chi connectivity index (χ0v) is 12.3. The van der Waals surface area contributed by atoms with Gasteiger partial charge in [0, 0.05) is 18.8 Å². The number of thiocarbonyl (C=S) groups is 1. The lowest BCUT2D eigenvalue weighted by Crippen LogP contribution is -2.26. The van der Waals surface area contributed by atoms with Gasteiger partial charge in [0.1, 0.15) is 4.99 Å². The van der Waals surface area contributed by atoms with Crippen molar-refractivity contribution in [3.63, 3.8) is 0 Å². The first-order chi connectivity index (χ1) is 8.60.